The highest BCUT2D eigenvalue weighted by Crippen LogP contribution is 2.27. The summed E-state index contributed by atoms with van der Waals surface area (Å²) in [6.07, 6.45) is 0. The molecule has 1 aromatic carbocycles. The molecule has 2 heterocycles. The van der Waals surface area contributed by atoms with Crippen molar-refractivity contribution in [2.45, 2.75) is 6.92 Å². The van der Waals surface area contributed by atoms with Crippen molar-refractivity contribution in [3.63, 3.8) is 0 Å². The molecule has 114 valence electrons. The summed E-state index contributed by atoms with van der Waals surface area (Å²) in [6.45, 7) is 1.69. The Hall–Kier alpha value is -1.83. The van der Waals surface area contributed by atoms with Crippen molar-refractivity contribution in [2.75, 3.05) is 11.9 Å². The van der Waals surface area contributed by atoms with Crippen molar-refractivity contribution >= 4 is 51.4 Å². The molecule has 3 aromatic rings. The Bertz CT molecular complexity index is 846. The van der Waals surface area contributed by atoms with E-state index in [0.29, 0.717) is 20.8 Å². The standard InChI is InChI=1S/C13H10Cl2N4O2S/c1-7-6-22-13-17-12(18-19(7)13)16-11(20)5-21-10-4-8(14)2-3-9(10)15/h2-4,6H,5H2,1H3,(H,16,18,20). The summed E-state index contributed by atoms with van der Waals surface area (Å²) in [5, 5.41) is 9.55. The van der Waals surface area contributed by atoms with Crippen LogP contribution in [0.2, 0.25) is 10.0 Å². The van der Waals surface area contributed by atoms with Crippen molar-refractivity contribution in [3.8, 4) is 5.75 Å². The highest BCUT2D eigenvalue weighted by molar-refractivity contribution is 7.15. The van der Waals surface area contributed by atoms with Crippen molar-refractivity contribution in [2.24, 2.45) is 0 Å². The summed E-state index contributed by atoms with van der Waals surface area (Å²) < 4.78 is 7.00. The minimum absolute atomic E-state index is 0.216. The molecule has 6 nitrogen and oxygen atoms in total. The second-order valence-electron chi connectivity index (χ2n) is 4.42. The Labute approximate surface area is 139 Å². The predicted molar refractivity (Wildman–Crippen MR) is 86.2 cm³/mol. The molecule has 0 saturated heterocycles. The zero-order valence-corrected chi connectivity index (χ0v) is 13.7. The minimum atomic E-state index is -0.382. The zero-order chi connectivity index (χ0) is 15.7. The van der Waals surface area contributed by atoms with Crippen molar-refractivity contribution in [1.29, 1.82) is 0 Å². The number of hydrogen-bond acceptors (Lipinski definition) is 5. The first-order chi connectivity index (χ1) is 10.5. The number of halogens is 2. The molecule has 0 spiro atoms. The summed E-state index contributed by atoms with van der Waals surface area (Å²) in [5.41, 5.74) is 0.954. The van der Waals surface area contributed by atoms with Crippen LogP contribution in [-0.2, 0) is 4.79 Å². The van der Waals surface area contributed by atoms with Crippen molar-refractivity contribution < 1.29 is 9.53 Å². The van der Waals surface area contributed by atoms with Gasteiger partial charge in [-0.1, -0.05) is 23.2 Å². The van der Waals surface area contributed by atoms with Gasteiger partial charge in [-0.25, -0.2) is 4.52 Å². The number of aromatic nitrogens is 3. The van der Waals surface area contributed by atoms with Crippen molar-refractivity contribution in [3.05, 3.63) is 39.3 Å². The average molecular weight is 357 g/mol. The Morgan fingerprint density at radius 1 is 1.45 bits per heavy atom. The first-order valence-corrected chi connectivity index (χ1v) is 7.85. The van der Waals surface area contributed by atoms with Gasteiger partial charge in [0.25, 0.3) is 11.9 Å². The summed E-state index contributed by atoms with van der Waals surface area (Å²) in [7, 11) is 0. The number of anilines is 1. The van der Waals surface area contributed by atoms with Crippen LogP contribution in [-0.4, -0.2) is 27.1 Å². The largest absolute Gasteiger partial charge is 0.482 e. The Morgan fingerprint density at radius 2 is 2.27 bits per heavy atom. The molecular weight excluding hydrogens is 347 g/mol. The van der Waals surface area contributed by atoms with E-state index in [4.69, 9.17) is 27.9 Å². The Kier molecular flexibility index (Phi) is 4.19. The van der Waals surface area contributed by atoms with E-state index in [9.17, 15) is 4.79 Å². The van der Waals surface area contributed by atoms with E-state index < -0.39 is 0 Å². The molecule has 9 heteroatoms. The molecule has 0 aliphatic rings. The van der Waals surface area contributed by atoms with E-state index in [0.717, 1.165) is 5.69 Å². The van der Waals surface area contributed by atoms with Gasteiger partial charge in [0.2, 0.25) is 4.96 Å². The second-order valence-corrected chi connectivity index (χ2v) is 6.10. The molecule has 2 aromatic heterocycles. The van der Waals surface area contributed by atoms with Gasteiger partial charge < -0.3 is 4.74 Å². The lowest BCUT2D eigenvalue weighted by atomic mass is 10.3. The van der Waals surface area contributed by atoms with E-state index in [1.165, 1.54) is 11.3 Å². The molecule has 0 saturated carbocycles. The monoisotopic (exact) mass is 356 g/mol. The highest BCUT2D eigenvalue weighted by atomic mass is 35.5. The van der Waals surface area contributed by atoms with Gasteiger partial charge >= 0.3 is 0 Å². The summed E-state index contributed by atoms with van der Waals surface area (Å²) in [5.74, 6) is 0.201. The van der Waals surface area contributed by atoms with Gasteiger partial charge in [-0.15, -0.1) is 16.4 Å². The molecule has 1 N–H and O–H groups in total. The quantitative estimate of drug-likeness (QED) is 0.777. The maximum absolute atomic E-state index is 11.9. The molecule has 0 fully saturated rings. The normalized spacial score (nSPS) is 10.9. The number of carbonyl (C=O) groups excluding carboxylic acids is 1. The predicted octanol–water partition coefficient (Wildman–Crippen LogP) is 3.42. The lowest BCUT2D eigenvalue weighted by molar-refractivity contribution is -0.118. The molecule has 0 bridgehead atoms. The van der Waals surface area contributed by atoms with Crippen LogP contribution in [0.5, 0.6) is 5.75 Å². The van der Waals surface area contributed by atoms with Crippen LogP contribution in [0.15, 0.2) is 23.6 Å². The molecule has 1 amide bonds. The van der Waals surface area contributed by atoms with Crippen LogP contribution in [0.1, 0.15) is 5.69 Å². The number of carbonyl (C=O) groups is 1. The number of thiazole rings is 1. The third-order valence-electron chi connectivity index (χ3n) is 2.75. The van der Waals surface area contributed by atoms with Crippen LogP contribution in [0.25, 0.3) is 4.96 Å². The third kappa shape index (κ3) is 3.16. The molecule has 3 rings (SSSR count). The van der Waals surface area contributed by atoms with Crippen LogP contribution in [0.3, 0.4) is 0 Å². The molecule has 0 atom stereocenters. The number of nitrogens with zero attached hydrogens (tertiary/aromatic N) is 3. The van der Waals surface area contributed by atoms with Crippen LogP contribution in [0, 0.1) is 6.92 Å². The molecule has 22 heavy (non-hydrogen) atoms. The first kappa shape index (κ1) is 15.1. The second kappa shape index (κ2) is 6.12. The number of rotatable bonds is 4. The van der Waals surface area contributed by atoms with E-state index >= 15 is 0 Å². The Morgan fingerprint density at radius 3 is 3.05 bits per heavy atom. The number of ether oxygens (including phenoxy) is 1. The molecule has 0 radical (unpaired) electrons. The maximum Gasteiger partial charge on any atom is 0.264 e. The average Bonchev–Trinajstić information content (AvgIpc) is 3.02. The van der Waals surface area contributed by atoms with Gasteiger partial charge in [-0.05, 0) is 19.1 Å². The summed E-state index contributed by atoms with van der Waals surface area (Å²) in [4.78, 5) is 16.8. The minimum Gasteiger partial charge on any atom is -0.482 e. The maximum atomic E-state index is 11.9. The third-order valence-corrected chi connectivity index (χ3v) is 4.23. The molecular formula is C13H10Cl2N4O2S. The van der Waals surface area contributed by atoms with Gasteiger partial charge in [0.15, 0.2) is 6.61 Å². The topological polar surface area (TPSA) is 68.5 Å². The number of fused-ring (bicyclic) bond motifs is 1. The van der Waals surface area contributed by atoms with E-state index in [-0.39, 0.29) is 18.5 Å². The van der Waals surface area contributed by atoms with E-state index in [2.05, 4.69) is 15.4 Å². The number of benzene rings is 1. The number of nitrogens with one attached hydrogen (secondary N) is 1. The van der Waals surface area contributed by atoms with Gasteiger partial charge in [0.1, 0.15) is 5.75 Å². The van der Waals surface area contributed by atoms with Crippen LogP contribution >= 0.6 is 34.5 Å². The smallest absolute Gasteiger partial charge is 0.264 e. The number of amides is 1. The van der Waals surface area contributed by atoms with Gasteiger partial charge in [0.05, 0.1) is 10.7 Å². The van der Waals surface area contributed by atoms with E-state index in [1.54, 1.807) is 22.7 Å². The molecule has 0 aliphatic heterocycles. The molecule has 0 aliphatic carbocycles. The number of aryl methyl sites for hydroxylation is 1. The van der Waals surface area contributed by atoms with Crippen molar-refractivity contribution in [1.82, 2.24) is 14.6 Å². The Balaban J connectivity index is 1.63. The van der Waals surface area contributed by atoms with E-state index in [1.807, 2.05) is 12.3 Å². The number of hydrogen-bond donors (Lipinski definition) is 1. The fourth-order valence-corrected chi connectivity index (χ4v) is 2.87. The van der Waals surface area contributed by atoms with Crippen LogP contribution < -0.4 is 10.1 Å². The fraction of sp³-hybridized carbons (Fsp3) is 0.154. The SMILES string of the molecule is Cc1csc2nc(NC(=O)COc3cc(Cl)ccc3Cl)nn12. The van der Waals surface area contributed by atoms with Gasteiger partial charge in [0, 0.05) is 16.5 Å². The first-order valence-electron chi connectivity index (χ1n) is 6.21. The lowest BCUT2D eigenvalue weighted by Crippen LogP contribution is -2.21. The molecule has 0 unspecified atom stereocenters. The summed E-state index contributed by atoms with van der Waals surface area (Å²) >= 11 is 13.3. The fourth-order valence-electron chi connectivity index (χ4n) is 1.74. The van der Waals surface area contributed by atoms with Gasteiger partial charge in [-0.2, -0.15) is 4.98 Å². The summed E-state index contributed by atoms with van der Waals surface area (Å²) in [6, 6.07) is 4.79. The van der Waals surface area contributed by atoms with Gasteiger partial charge in [-0.3, -0.25) is 10.1 Å². The van der Waals surface area contributed by atoms with Crippen LogP contribution in [0.4, 0.5) is 5.95 Å². The highest BCUT2D eigenvalue weighted by Gasteiger charge is 2.12. The lowest BCUT2D eigenvalue weighted by Gasteiger charge is -2.07. The zero-order valence-electron chi connectivity index (χ0n) is 11.3.